The Labute approximate surface area is 230 Å². The molecular weight excluding hydrogens is 520 g/mol. The van der Waals surface area contributed by atoms with Crippen molar-refractivity contribution in [3.63, 3.8) is 0 Å². The van der Waals surface area contributed by atoms with Crippen LogP contribution >= 0.6 is 23.1 Å². The van der Waals surface area contributed by atoms with Crippen molar-refractivity contribution in [2.45, 2.75) is 51.5 Å². The first-order valence-corrected chi connectivity index (χ1v) is 14.2. The van der Waals surface area contributed by atoms with Gasteiger partial charge in [0.2, 0.25) is 5.91 Å². The Morgan fingerprint density at radius 1 is 1.08 bits per heavy atom. The van der Waals surface area contributed by atoms with Gasteiger partial charge in [-0.3, -0.25) is 9.59 Å². The second-order valence-electron chi connectivity index (χ2n) is 8.36. The first-order chi connectivity index (χ1) is 18.5. The number of amides is 2. The van der Waals surface area contributed by atoms with Crippen molar-refractivity contribution in [2.24, 2.45) is 0 Å². The van der Waals surface area contributed by atoms with Gasteiger partial charge >= 0.3 is 0 Å². The molecule has 4 rings (SSSR count). The minimum atomic E-state index is -0.661. The summed E-state index contributed by atoms with van der Waals surface area (Å²) >= 11 is 2.67. The fraction of sp³-hybridized carbons (Fsp3) is 0.296. The summed E-state index contributed by atoms with van der Waals surface area (Å²) in [5.74, 6) is 0.986. The zero-order valence-electron chi connectivity index (χ0n) is 21.5. The third-order valence-corrected chi connectivity index (χ3v) is 7.42. The van der Waals surface area contributed by atoms with E-state index >= 15 is 0 Å². The van der Waals surface area contributed by atoms with E-state index in [0.29, 0.717) is 28.4 Å². The van der Waals surface area contributed by atoms with Gasteiger partial charge in [-0.25, -0.2) is 4.98 Å². The van der Waals surface area contributed by atoms with Crippen molar-refractivity contribution >= 4 is 40.0 Å². The molecule has 198 valence electrons. The van der Waals surface area contributed by atoms with Crippen LogP contribution in [0.5, 0.6) is 5.75 Å². The molecule has 0 unspecified atom stereocenters. The second kappa shape index (κ2) is 13.2. The molecule has 0 saturated carbocycles. The highest BCUT2D eigenvalue weighted by atomic mass is 32.2. The largest absolute Gasteiger partial charge is 0.481 e. The molecule has 0 radical (unpaired) electrons. The second-order valence-corrected chi connectivity index (χ2v) is 10.2. The lowest BCUT2D eigenvalue weighted by Crippen LogP contribution is -2.36. The third-order valence-electron chi connectivity index (χ3n) is 5.70. The minimum absolute atomic E-state index is 0.159. The molecule has 2 heterocycles. The Morgan fingerprint density at radius 3 is 2.55 bits per heavy atom. The standard InChI is InChI=1S/C27H30N6O3S2/c1-4-19-11-13-21(14-12-19)36-18(3)25(35)28-15-23-31-32-27(33(23)5-2)38-17-24(34)30-26-29-22(16-37-26)20-9-7-6-8-10-20/h6-14,16,18H,4-5,15,17H2,1-3H3,(H,28,35)(H,29,30,34)/t18-/m0/s1. The number of aromatic nitrogens is 4. The Hall–Kier alpha value is -3.70. The summed E-state index contributed by atoms with van der Waals surface area (Å²) in [6, 6.07) is 17.5. The monoisotopic (exact) mass is 550 g/mol. The van der Waals surface area contributed by atoms with Crippen LogP contribution in [0.1, 0.15) is 32.2 Å². The van der Waals surface area contributed by atoms with Gasteiger partial charge < -0.3 is 19.9 Å². The van der Waals surface area contributed by atoms with Crippen molar-refractivity contribution in [2.75, 3.05) is 11.1 Å². The van der Waals surface area contributed by atoms with E-state index in [1.165, 1.54) is 28.7 Å². The average Bonchev–Trinajstić information content (AvgIpc) is 3.58. The van der Waals surface area contributed by atoms with Crippen molar-refractivity contribution in [1.29, 1.82) is 0 Å². The van der Waals surface area contributed by atoms with Crippen LogP contribution in [-0.4, -0.2) is 43.4 Å². The van der Waals surface area contributed by atoms with Gasteiger partial charge in [-0.2, -0.15) is 0 Å². The number of thiazole rings is 1. The van der Waals surface area contributed by atoms with E-state index in [2.05, 4.69) is 32.7 Å². The molecule has 2 aromatic carbocycles. The summed E-state index contributed by atoms with van der Waals surface area (Å²) in [5, 5.41) is 17.2. The highest BCUT2D eigenvalue weighted by Crippen LogP contribution is 2.25. The molecule has 0 aliphatic carbocycles. The average molecular weight is 551 g/mol. The number of anilines is 1. The molecule has 0 aliphatic heterocycles. The third kappa shape index (κ3) is 7.20. The molecule has 0 fully saturated rings. The Balaban J connectivity index is 1.26. The zero-order valence-corrected chi connectivity index (χ0v) is 23.1. The molecule has 38 heavy (non-hydrogen) atoms. The van der Waals surface area contributed by atoms with Crippen LogP contribution in [0.15, 0.2) is 65.1 Å². The van der Waals surface area contributed by atoms with E-state index < -0.39 is 6.10 Å². The molecule has 2 amide bonds. The Morgan fingerprint density at radius 2 is 1.84 bits per heavy atom. The fourth-order valence-electron chi connectivity index (χ4n) is 3.60. The molecule has 2 aromatic heterocycles. The van der Waals surface area contributed by atoms with Gasteiger partial charge in [0.1, 0.15) is 5.75 Å². The highest BCUT2D eigenvalue weighted by Gasteiger charge is 2.18. The summed E-state index contributed by atoms with van der Waals surface area (Å²) in [6.45, 7) is 6.56. The van der Waals surface area contributed by atoms with Crippen molar-refractivity contribution in [1.82, 2.24) is 25.1 Å². The summed E-state index contributed by atoms with van der Waals surface area (Å²) in [4.78, 5) is 29.6. The molecule has 0 spiro atoms. The lowest BCUT2D eigenvalue weighted by Gasteiger charge is -2.15. The summed E-state index contributed by atoms with van der Waals surface area (Å²) in [7, 11) is 0. The van der Waals surface area contributed by atoms with Crippen LogP contribution in [0.2, 0.25) is 0 Å². The highest BCUT2D eigenvalue weighted by molar-refractivity contribution is 7.99. The number of hydrogen-bond acceptors (Lipinski definition) is 8. The molecule has 2 N–H and O–H groups in total. The smallest absolute Gasteiger partial charge is 0.261 e. The van der Waals surface area contributed by atoms with Crippen LogP contribution in [0.4, 0.5) is 5.13 Å². The van der Waals surface area contributed by atoms with E-state index in [9.17, 15) is 9.59 Å². The van der Waals surface area contributed by atoms with Crippen molar-refractivity contribution in [3.8, 4) is 17.0 Å². The first kappa shape index (κ1) is 27.3. The van der Waals surface area contributed by atoms with Crippen molar-refractivity contribution < 1.29 is 14.3 Å². The van der Waals surface area contributed by atoms with E-state index in [1.807, 2.05) is 71.5 Å². The van der Waals surface area contributed by atoms with Gasteiger partial charge in [-0.15, -0.1) is 21.5 Å². The van der Waals surface area contributed by atoms with Crippen molar-refractivity contribution in [3.05, 3.63) is 71.4 Å². The van der Waals surface area contributed by atoms with Gasteiger partial charge in [0.15, 0.2) is 22.2 Å². The van der Waals surface area contributed by atoms with Crippen LogP contribution < -0.4 is 15.4 Å². The molecule has 1 atom stereocenters. The topological polar surface area (TPSA) is 111 Å². The number of hydrogen-bond donors (Lipinski definition) is 2. The fourth-order valence-corrected chi connectivity index (χ4v) is 5.16. The van der Waals surface area contributed by atoms with Gasteiger partial charge in [0, 0.05) is 17.5 Å². The quantitative estimate of drug-likeness (QED) is 0.244. The van der Waals surface area contributed by atoms with E-state index in [0.717, 1.165) is 17.7 Å². The van der Waals surface area contributed by atoms with Gasteiger partial charge in [-0.1, -0.05) is 61.2 Å². The van der Waals surface area contributed by atoms with Crippen LogP contribution in [0.25, 0.3) is 11.3 Å². The Kier molecular flexibility index (Phi) is 9.50. The predicted molar refractivity (Wildman–Crippen MR) is 150 cm³/mol. The minimum Gasteiger partial charge on any atom is -0.481 e. The molecule has 0 saturated heterocycles. The lowest BCUT2D eigenvalue weighted by molar-refractivity contribution is -0.127. The van der Waals surface area contributed by atoms with Crippen LogP contribution in [0.3, 0.4) is 0 Å². The number of thioether (sulfide) groups is 1. The molecule has 0 bridgehead atoms. The van der Waals surface area contributed by atoms with Crippen LogP contribution in [-0.2, 0) is 29.1 Å². The maximum atomic E-state index is 12.6. The van der Waals surface area contributed by atoms with E-state index in [-0.39, 0.29) is 24.1 Å². The van der Waals surface area contributed by atoms with Gasteiger partial charge in [-0.05, 0) is 38.0 Å². The number of benzene rings is 2. The number of carbonyl (C=O) groups excluding carboxylic acids is 2. The summed E-state index contributed by atoms with van der Waals surface area (Å²) in [5.41, 5.74) is 3.03. The number of nitrogens with zero attached hydrogens (tertiary/aromatic N) is 4. The van der Waals surface area contributed by atoms with Gasteiger partial charge in [0.25, 0.3) is 5.91 Å². The molecule has 9 nitrogen and oxygen atoms in total. The number of ether oxygens (including phenoxy) is 1. The number of aryl methyl sites for hydroxylation is 1. The molecular formula is C27H30N6O3S2. The number of carbonyl (C=O) groups is 2. The SMILES string of the molecule is CCc1ccc(O[C@@H](C)C(=O)NCc2nnc(SCC(=O)Nc3nc(-c4ccccc4)cs3)n2CC)cc1. The summed E-state index contributed by atoms with van der Waals surface area (Å²) < 4.78 is 7.64. The maximum Gasteiger partial charge on any atom is 0.261 e. The number of nitrogens with one attached hydrogen (secondary N) is 2. The summed E-state index contributed by atoms with van der Waals surface area (Å²) in [6.07, 6.45) is 0.284. The lowest BCUT2D eigenvalue weighted by atomic mass is 10.2. The van der Waals surface area contributed by atoms with Crippen LogP contribution in [0, 0.1) is 0 Å². The molecule has 4 aromatic rings. The maximum absolute atomic E-state index is 12.6. The predicted octanol–water partition coefficient (Wildman–Crippen LogP) is 4.80. The normalized spacial score (nSPS) is 11.7. The van der Waals surface area contributed by atoms with E-state index in [1.54, 1.807) is 6.92 Å². The molecule has 11 heteroatoms. The Bertz CT molecular complexity index is 1350. The molecule has 0 aliphatic rings. The first-order valence-electron chi connectivity index (χ1n) is 12.4. The zero-order chi connectivity index (χ0) is 26.9. The van der Waals surface area contributed by atoms with E-state index in [4.69, 9.17) is 4.74 Å². The van der Waals surface area contributed by atoms with Gasteiger partial charge in [0.05, 0.1) is 18.0 Å². The number of rotatable bonds is 12.